The maximum atomic E-state index is 13.2. The zero-order chi connectivity index (χ0) is 20.2. The van der Waals surface area contributed by atoms with E-state index in [2.05, 4.69) is 20.5 Å². The Balaban J connectivity index is 1.54. The van der Waals surface area contributed by atoms with E-state index in [1.54, 1.807) is 11.3 Å². The number of aryl methyl sites for hydroxylation is 2. The van der Waals surface area contributed by atoms with Gasteiger partial charge in [0.05, 0.1) is 11.3 Å². The van der Waals surface area contributed by atoms with Gasteiger partial charge in [0.2, 0.25) is 11.1 Å². The number of carbonyl (C=O) groups is 2. The Morgan fingerprint density at radius 1 is 1.21 bits per heavy atom. The lowest BCUT2D eigenvalue weighted by molar-refractivity contribution is -0.113. The highest BCUT2D eigenvalue weighted by Gasteiger charge is 2.27. The second kappa shape index (κ2) is 8.92. The summed E-state index contributed by atoms with van der Waals surface area (Å²) in [5, 5.41) is 11.2. The van der Waals surface area contributed by atoms with Crippen LogP contribution in [0, 0.1) is 0 Å². The van der Waals surface area contributed by atoms with Gasteiger partial charge < -0.3 is 5.32 Å². The maximum Gasteiger partial charge on any atom is 0.235 e. The number of hydrogen-bond acceptors (Lipinski definition) is 6. The van der Waals surface area contributed by atoms with E-state index in [4.69, 9.17) is 0 Å². The second-order valence-corrected chi connectivity index (χ2v) is 8.91. The molecule has 0 spiro atoms. The zero-order valence-corrected chi connectivity index (χ0v) is 17.8. The number of anilines is 1. The van der Waals surface area contributed by atoms with Crippen LogP contribution in [-0.2, 0) is 24.1 Å². The van der Waals surface area contributed by atoms with Crippen molar-refractivity contribution in [2.45, 2.75) is 44.2 Å². The number of hydrogen-bond donors (Lipinski definition) is 2. The Bertz CT molecular complexity index is 1030. The summed E-state index contributed by atoms with van der Waals surface area (Å²) in [5.41, 5.74) is 2.43. The molecule has 2 aromatic heterocycles. The number of aromatic amines is 1. The fourth-order valence-electron chi connectivity index (χ4n) is 3.42. The topological polar surface area (TPSA) is 87.7 Å². The van der Waals surface area contributed by atoms with Gasteiger partial charge in [-0.05, 0) is 31.2 Å². The largest absolute Gasteiger partial charge is 0.316 e. The van der Waals surface area contributed by atoms with E-state index in [1.165, 1.54) is 16.6 Å². The van der Waals surface area contributed by atoms with E-state index in [9.17, 15) is 9.59 Å². The van der Waals surface area contributed by atoms with Crippen LogP contribution >= 0.6 is 23.1 Å². The lowest BCUT2D eigenvalue weighted by Crippen LogP contribution is -2.16. The first-order valence-electron chi connectivity index (χ1n) is 9.74. The first kappa shape index (κ1) is 19.8. The molecule has 0 radical (unpaired) electrons. The van der Waals surface area contributed by atoms with Crippen LogP contribution < -0.4 is 5.32 Å². The molecule has 0 fully saturated rings. The quantitative estimate of drug-likeness (QED) is 0.435. The van der Waals surface area contributed by atoms with Crippen LogP contribution in [0.3, 0.4) is 0 Å². The zero-order valence-electron chi connectivity index (χ0n) is 16.2. The molecule has 4 rings (SSSR count). The Morgan fingerprint density at radius 2 is 2.00 bits per heavy atom. The molecule has 0 saturated heterocycles. The molecule has 0 bridgehead atoms. The molecule has 8 heteroatoms. The number of aromatic nitrogens is 3. The summed E-state index contributed by atoms with van der Waals surface area (Å²) in [5.74, 6) is 0.824. The van der Waals surface area contributed by atoms with Crippen LogP contribution in [0.5, 0.6) is 0 Å². The van der Waals surface area contributed by atoms with Gasteiger partial charge in [-0.25, -0.2) is 4.98 Å². The van der Waals surface area contributed by atoms with E-state index in [0.717, 1.165) is 43.5 Å². The highest BCUT2D eigenvalue weighted by atomic mass is 32.2. The second-order valence-electron chi connectivity index (χ2n) is 6.87. The number of rotatable bonds is 7. The number of thiophene rings is 1. The first-order valence-corrected chi connectivity index (χ1v) is 11.5. The summed E-state index contributed by atoms with van der Waals surface area (Å²) in [7, 11) is 0. The monoisotopic (exact) mass is 426 g/mol. The Morgan fingerprint density at radius 3 is 2.76 bits per heavy atom. The lowest BCUT2D eigenvalue weighted by Gasteiger charge is -2.12. The Labute approximate surface area is 177 Å². The number of amides is 1. The molecule has 0 aliphatic heterocycles. The smallest absolute Gasteiger partial charge is 0.235 e. The summed E-state index contributed by atoms with van der Waals surface area (Å²) in [6.45, 7) is 1.99. The molecule has 0 atom stereocenters. The van der Waals surface area contributed by atoms with Crippen molar-refractivity contribution < 1.29 is 9.59 Å². The molecule has 6 nitrogen and oxygen atoms in total. The molecule has 1 amide bonds. The minimum atomic E-state index is -0.154. The van der Waals surface area contributed by atoms with Gasteiger partial charge in [-0.3, -0.25) is 14.7 Å². The van der Waals surface area contributed by atoms with Crippen molar-refractivity contribution in [3.05, 3.63) is 57.7 Å². The number of fused-ring (bicyclic) bond motifs is 1. The minimum absolute atomic E-state index is 0.0190. The predicted molar refractivity (Wildman–Crippen MR) is 116 cm³/mol. The van der Waals surface area contributed by atoms with E-state index < -0.39 is 0 Å². The highest BCUT2D eigenvalue weighted by Crippen LogP contribution is 2.39. The lowest BCUT2D eigenvalue weighted by atomic mass is 9.92. The summed E-state index contributed by atoms with van der Waals surface area (Å²) >= 11 is 2.83. The molecule has 1 aromatic carbocycles. The molecule has 2 heterocycles. The Kier molecular flexibility index (Phi) is 6.10. The summed E-state index contributed by atoms with van der Waals surface area (Å²) in [6, 6.07) is 9.27. The summed E-state index contributed by atoms with van der Waals surface area (Å²) in [6.07, 6.45) is 4.83. The van der Waals surface area contributed by atoms with Crippen molar-refractivity contribution in [3.63, 3.8) is 0 Å². The molecular formula is C21H22N4O2S2. The number of benzene rings is 1. The van der Waals surface area contributed by atoms with E-state index in [1.807, 2.05) is 37.3 Å². The van der Waals surface area contributed by atoms with Gasteiger partial charge in [0, 0.05) is 16.9 Å². The maximum absolute atomic E-state index is 13.2. The number of nitrogens with one attached hydrogen (secondary N) is 2. The number of thioether (sulfide) groups is 1. The van der Waals surface area contributed by atoms with Gasteiger partial charge in [-0.15, -0.1) is 16.4 Å². The standard InChI is InChI=1S/C21H22N4O2S2/c1-2-16-22-21(25-24-16)28-12-17(26)23-20-18(14-10-6-7-11-15(14)29-20)19(27)13-8-4-3-5-9-13/h3-5,8-9H,2,6-7,10-12H2,1H3,(H,23,26)(H,22,24,25). The molecule has 0 saturated carbocycles. The third-order valence-corrected chi connectivity index (χ3v) is 6.92. The van der Waals surface area contributed by atoms with Crippen molar-refractivity contribution >= 4 is 39.8 Å². The molecule has 29 heavy (non-hydrogen) atoms. The molecule has 150 valence electrons. The normalized spacial score (nSPS) is 13.1. The first-order chi connectivity index (χ1) is 14.2. The van der Waals surface area contributed by atoms with Crippen LogP contribution in [0.4, 0.5) is 5.00 Å². The highest BCUT2D eigenvalue weighted by molar-refractivity contribution is 7.99. The minimum Gasteiger partial charge on any atom is -0.316 e. The van der Waals surface area contributed by atoms with Gasteiger partial charge >= 0.3 is 0 Å². The summed E-state index contributed by atoms with van der Waals surface area (Å²) < 4.78 is 0. The van der Waals surface area contributed by atoms with E-state index in [-0.39, 0.29) is 17.4 Å². The average Bonchev–Trinajstić information content (AvgIpc) is 3.36. The average molecular weight is 427 g/mol. The van der Waals surface area contributed by atoms with Crippen molar-refractivity contribution in [1.82, 2.24) is 15.2 Å². The van der Waals surface area contributed by atoms with Crippen molar-refractivity contribution in [2.75, 3.05) is 11.1 Å². The van der Waals surface area contributed by atoms with Gasteiger partial charge in [0.1, 0.15) is 10.8 Å². The van der Waals surface area contributed by atoms with E-state index in [0.29, 0.717) is 21.3 Å². The molecule has 3 aromatic rings. The van der Waals surface area contributed by atoms with Crippen LogP contribution in [0.15, 0.2) is 35.5 Å². The van der Waals surface area contributed by atoms with Crippen LogP contribution in [-0.4, -0.2) is 32.6 Å². The molecule has 0 unspecified atom stereocenters. The fourth-order valence-corrected chi connectivity index (χ4v) is 5.34. The van der Waals surface area contributed by atoms with E-state index >= 15 is 0 Å². The predicted octanol–water partition coefficient (Wildman–Crippen LogP) is 4.27. The van der Waals surface area contributed by atoms with Crippen LogP contribution in [0.2, 0.25) is 0 Å². The number of nitrogens with zero attached hydrogens (tertiary/aromatic N) is 2. The van der Waals surface area contributed by atoms with Gasteiger partial charge in [0.25, 0.3) is 0 Å². The van der Waals surface area contributed by atoms with Crippen molar-refractivity contribution in [2.24, 2.45) is 0 Å². The SMILES string of the molecule is CCc1nc(SCC(=O)Nc2sc3c(c2C(=O)c2ccccc2)CCCC3)n[nH]1. The van der Waals surface area contributed by atoms with Gasteiger partial charge in [-0.1, -0.05) is 49.0 Å². The fraction of sp³-hybridized carbons (Fsp3) is 0.333. The Hall–Kier alpha value is -2.45. The van der Waals surface area contributed by atoms with Crippen LogP contribution in [0.25, 0.3) is 0 Å². The van der Waals surface area contributed by atoms with Crippen molar-refractivity contribution in [3.8, 4) is 0 Å². The molecule has 1 aliphatic carbocycles. The van der Waals surface area contributed by atoms with Gasteiger partial charge in [-0.2, -0.15) is 0 Å². The number of H-pyrrole nitrogens is 1. The summed E-state index contributed by atoms with van der Waals surface area (Å²) in [4.78, 5) is 31.3. The van der Waals surface area contributed by atoms with Gasteiger partial charge in [0.15, 0.2) is 5.78 Å². The third-order valence-electron chi connectivity index (χ3n) is 4.87. The van der Waals surface area contributed by atoms with Crippen molar-refractivity contribution in [1.29, 1.82) is 0 Å². The molecule has 2 N–H and O–H groups in total. The molecule has 1 aliphatic rings. The third kappa shape index (κ3) is 4.43. The van der Waals surface area contributed by atoms with Crippen LogP contribution in [0.1, 0.15) is 52.0 Å². The number of carbonyl (C=O) groups excluding carboxylic acids is 2. The molecular weight excluding hydrogens is 404 g/mol. The number of ketones is 1.